The summed E-state index contributed by atoms with van der Waals surface area (Å²) < 4.78 is 23.2. The van der Waals surface area contributed by atoms with Gasteiger partial charge in [-0.2, -0.15) is 0 Å². The summed E-state index contributed by atoms with van der Waals surface area (Å²) in [7, 11) is 2.03. The molecule has 0 aliphatic carbocycles. The summed E-state index contributed by atoms with van der Waals surface area (Å²) >= 11 is 0. The van der Waals surface area contributed by atoms with E-state index in [1.165, 1.54) is 12.3 Å². The maximum atomic E-state index is 15.4. The molecule has 1 atom stereocenters. The monoisotopic (exact) mass is 466 g/mol. The second-order valence-corrected chi connectivity index (χ2v) is 8.83. The summed E-state index contributed by atoms with van der Waals surface area (Å²) in [6.07, 6.45) is 1.53. The van der Waals surface area contributed by atoms with E-state index in [9.17, 15) is 9.59 Å². The molecule has 1 saturated heterocycles. The average molecular weight is 467 g/mol. The highest BCUT2D eigenvalue weighted by Gasteiger charge is 2.31. The molecule has 2 aromatic carbocycles. The van der Waals surface area contributed by atoms with Gasteiger partial charge in [0.05, 0.1) is 28.3 Å². The Bertz CT molecular complexity index is 1330. The lowest BCUT2D eigenvalue weighted by Crippen LogP contribution is -2.45. The molecule has 1 fully saturated rings. The SMILES string of the molecule is CC1COc2c(N3CCN(C)CC3)c(F)cc3c(=O)c(C(=O)NNc4ccccc4N)cn1c23. The maximum Gasteiger partial charge on any atom is 0.275 e. The molecule has 3 aromatic rings. The van der Waals surface area contributed by atoms with E-state index >= 15 is 4.39 Å². The van der Waals surface area contributed by atoms with Crippen molar-refractivity contribution in [1.29, 1.82) is 0 Å². The van der Waals surface area contributed by atoms with Gasteiger partial charge in [0.2, 0.25) is 5.43 Å². The molecule has 0 bridgehead atoms. The minimum absolute atomic E-state index is 0.0963. The van der Waals surface area contributed by atoms with Crippen LogP contribution in [0.15, 0.2) is 41.3 Å². The molecular formula is C24H27FN6O3. The van der Waals surface area contributed by atoms with E-state index in [0.29, 0.717) is 48.0 Å². The number of nitrogens with one attached hydrogen (secondary N) is 2. The number of hydrogen-bond acceptors (Lipinski definition) is 7. The highest BCUT2D eigenvalue weighted by Crippen LogP contribution is 2.42. The molecule has 0 spiro atoms. The Kier molecular flexibility index (Phi) is 5.52. The molecular weight excluding hydrogens is 439 g/mol. The fourth-order valence-corrected chi connectivity index (χ4v) is 4.50. The van der Waals surface area contributed by atoms with E-state index in [1.807, 2.05) is 23.4 Å². The second-order valence-electron chi connectivity index (χ2n) is 8.83. The lowest BCUT2D eigenvalue weighted by molar-refractivity contribution is 0.0960. The summed E-state index contributed by atoms with van der Waals surface area (Å²) in [6.45, 7) is 5.15. The number of para-hydroxylation sites is 2. The lowest BCUT2D eigenvalue weighted by atomic mass is 10.0. The molecule has 2 aliphatic rings. The zero-order valence-corrected chi connectivity index (χ0v) is 19.1. The van der Waals surface area contributed by atoms with Crippen LogP contribution >= 0.6 is 0 Å². The summed E-state index contributed by atoms with van der Waals surface area (Å²) in [5.74, 6) is -0.808. The normalized spacial score (nSPS) is 18.0. The van der Waals surface area contributed by atoms with Gasteiger partial charge >= 0.3 is 0 Å². The highest BCUT2D eigenvalue weighted by atomic mass is 19.1. The first-order chi connectivity index (χ1) is 16.3. The number of nitrogens with zero attached hydrogens (tertiary/aromatic N) is 3. The van der Waals surface area contributed by atoms with Crippen LogP contribution in [-0.2, 0) is 0 Å². The zero-order valence-electron chi connectivity index (χ0n) is 19.1. The van der Waals surface area contributed by atoms with E-state index in [2.05, 4.69) is 15.8 Å². The number of hydrogen-bond donors (Lipinski definition) is 3. The van der Waals surface area contributed by atoms with E-state index in [0.717, 1.165) is 13.1 Å². The number of halogens is 1. The molecule has 9 nitrogen and oxygen atoms in total. The zero-order chi connectivity index (χ0) is 24.0. The first-order valence-corrected chi connectivity index (χ1v) is 11.2. The molecule has 2 aliphatic heterocycles. The smallest absolute Gasteiger partial charge is 0.275 e. The van der Waals surface area contributed by atoms with Crippen molar-refractivity contribution in [1.82, 2.24) is 14.9 Å². The predicted molar refractivity (Wildman–Crippen MR) is 130 cm³/mol. The van der Waals surface area contributed by atoms with Gasteiger partial charge in [-0.05, 0) is 32.2 Å². The minimum Gasteiger partial charge on any atom is -0.487 e. The number of nitrogen functional groups attached to an aromatic ring is 1. The summed E-state index contributed by atoms with van der Waals surface area (Å²) in [4.78, 5) is 30.4. The first kappa shape index (κ1) is 22.0. The number of benzene rings is 2. The van der Waals surface area contributed by atoms with Gasteiger partial charge in [0.1, 0.15) is 17.9 Å². The fraction of sp³-hybridized carbons (Fsp3) is 0.333. The van der Waals surface area contributed by atoms with Gasteiger partial charge < -0.3 is 24.8 Å². The summed E-state index contributed by atoms with van der Waals surface area (Å²) in [5, 5.41) is 0.115. The number of carbonyl (C=O) groups is 1. The van der Waals surface area contributed by atoms with Gasteiger partial charge in [-0.1, -0.05) is 12.1 Å². The molecule has 10 heteroatoms. The van der Waals surface area contributed by atoms with Crippen LogP contribution in [0.1, 0.15) is 23.3 Å². The van der Waals surface area contributed by atoms with Crippen molar-refractivity contribution in [3.05, 3.63) is 58.1 Å². The van der Waals surface area contributed by atoms with Gasteiger partial charge in [-0.25, -0.2) is 4.39 Å². The van der Waals surface area contributed by atoms with Crippen molar-refractivity contribution in [2.75, 3.05) is 55.9 Å². The third-order valence-electron chi connectivity index (χ3n) is 6.48. The summed E-state index contributed by atoms with van der Waals surface area (Å²) in [5.41, 5.74) is 12.3. The Labute approximate surface area is 195 Å². The van der Waals surface area contributed by atoms with Gasteiger partial charge in [-0.15, -0.1) is 0 Å². The number of anilines is 3. The number of pyridine rings is 1. The summed E-state index contributed by atoms with van der Waals surface area (Å²) in [6, 6.07) is 8.01. The fourth-order valence-electron chi connectivity index (χ4n) is 4.50. The average Bonchev–Trinajstić information content (AvgIpc) is 2.82. The molecule has 4 N–H and O–H groups in total. The Hall–Kier alpha value is -3.79. The van der Waals surface area contributed by atoms with Crippen LogP contribution in [-0.4, -0.2) is 55.2 Å². The van der Waals surface area contributed by atoms with Crippen LogP contribution in [0, 0.1) is 5.82 Å². The topological polar surface area (TPSA) is 105 Å². The number of piperazine rings is 1. The molecule has 3 heterocycles. The van der Waals surface area contributed by atoms with Crippen LogP contribution in [0.2, 0.25) is 0 Å². The lowest BCUT2D eigenvalue weighted by Gasteiger charge is -2.37. The molecule has 1 amide bonds. The number of hydrazine groups is 1. The molecule has 34 heavy (non-hydrogen) atoms. The van der Waals surface area contributed by atoms with E-state index in [1.54, 1.807) is 24.3 Å². The van der Waals surface area contributed by atoms with Crippen molar-refractivity contribution >= 4 is 33.9 Å². The molecule has 178 valence electrons. The third-order valence-corrected chi connectivity index (χ3v) is 6.48. The van der Waals surface area contributed by atoms with Crippen molar-refractivity contribution in [3.8, 4) is 5.75 Å². The quantitative estimate of drug-likeness (QED) is 0.400. The van der Waals surface area contributed by atoms with Gasteiger partial charge in [0.25, 0.3) is 5.91 Å². The first-order valence-electron chi connectivity index (χ1n) is 11.2. The Morgan fingerprint density at radius 1 is 1.21 bits per heavy atom. The van der Waals surface area contributed by atoms with E-state index in [-0.39, 0.29) is 17.0 Å². The largest absolute Gasteiger partial charge is 0.487 e. The van der Waals surface area contributed by atoms with Gasteiger partial charge in [-0.3, -0.25) is 20.4 Å². The van der Waals surface area contributed by atoms with Crippen LogP contribution < -0.4 is 31.7 Å². The number of ether oxygens (including phenoxy) is 1. The molecule has 5 rings (SSSR count). The van der Waals surface area contributed by atoms with E-state index < -0.39 is 17.2 Å². The Morgan fingerprint density at radius 3 is 2.68 bits per heavy atom. The standard InChI is InChI=1S/C24H27FN6O3/c1-14-13-34-23-20-15(11-17(25)21(23)30-9-7-29(2)8-10-30)22(32)16(12-31(14)20)24(33)28-27-19-6-4-3-5-18(19)26/h3-6,11-12,14,27H,7-10,13,26H2,1-2H3,(H,28,33). The van der Waals surface area contributed by atoms with Crippen LogP contribution in [0.25, 0.3) is 10.9 Å². The Morgan fingerprint density at radius 2 is 1.94 bits per heavy atom. The van der Waals surface area contributed by atoms with Crippen molar-refractivity contribution in [2.45, 2.75) is 13.0 Å². The molecule has 0 radical (unpaired) electrons. The number of aromatic nitrogens is 1. The van der Waals surface area contributed by atoms with Crippen LogP contribution in [0.3, 0.4) is 0 Å². The van der Waals surface area contributed by atoms with E-state index in [4.69, 9.17) is 10.5 Å². The van der Waals surface area contributed by atoms with Crippen molar-refractivity contribution in [3.63, 3.8) is 0 Å². The maximum absolute atomic E-state index is 15.4. The number of rotatable bonds is 4. The Balaban J connectivity index is 1.57. The highest BCUT2D eigenvalue weighted by molar-refractivity contribution is 6.00. The molecule has 1 unspecified atom stereocenters. The third kappa shape index (κ3) is 3.69. The van der Waals surface area contributed by atoms with Crippen LogP contribution in [0.5, 0.6) is 5.75 Å². The molecule has 1 aromatic heterocycles. The number of amides is 1. The van der Waals surface area contributed by atoms with Crippen molar-refractivity contribution in [2.24, 2.45) is 0 Å². The second kappa shape index (κ2) is 8.53. The number of likely N-dealkylation sites (N-methyl/N-ethyl adjacent to an activating group) is 1. The molecule has 0 saturated carbocycles. The van der Waals surface area contributed by atoms with Crippen LogP contribution in [0.4, 0.5) is 21.5 Å². The van der Waals surface area contributed by atoms with Gasteiger partial charge in [0.15, 0.2) is 11.6 Å². The predicted octanol–water partition coefficient (Wildman–Crippen LogP) is 2.18. The van der Waals surface area contributed by atoms with Gasteiger partial charge in [0, 0.05) is 32.4 Å². The van der Waals surface area contributed by atoms with Crippen molar-refractivity contribution < 1.29 is 13.9 Å². The number of nitrogens with two attached hydrogens (primary N) is 1. The number of carbonyl (C=O) groups excluding carboxylic acids is 1. The minimum atomic E-state index is -0.636.